The molecule has 5 heteroatoms. The van der Waals surface area contributed by atoms with E-state index in [-0.39, 0.29) is 0 Å². The molecule has 0 radical (unpaired) electrons. The number of rotatable bonds is 4. The molecule has 1 aliphatic heterocycles. The summed E-state index contributed by atoms with van der Waals surface area (Å²) in [4.78, 5) is 5.09. The first kappa shape index (κ1) is 10.3. The Balaban J connectivity index is 2.15. The van der Waals surface area contributed by atoms with E-state index in [1.165, 1.54) is 0 Å². The Kier molecular flexibility index (Phi) is 4.60. The average Bonchev–Trinajstić information content (AvgIpc) is 2.15. The zero-order valence-corrected chi connectivity index (χ0v) is 8.02. The Labute approximate surface area is 78.3 Å². The van der Waals surface area contributed by atoms with Gasteiger partial charge in [-0.05, 0) is 25.4 Å². The molecule has 0 bridgehead atoms. The van der Waals surface area contributed by atoms with Crippen molar-refractivity contribution < 1.29 is 4.74 Å². The van der Waals surface area contributed by atoms with E-state index in [0.717, 1.165) is 32.7 Å². The maximum Gasteiger partial charge on any atom is 0.0619 e. The Morgan fingerprint density at radius 3 is 3.23 bits per heavy atom. The van der Waals surface area contributed by atoms with Crippen molar-refractivity contribution in [2.45, 2.75) is 19.4 Å². The topological polar surface area (TPSA) is 61.2 Å². The van der Waals surface area contributed by atoms with Crippen LogP contribution in [0.15, 0.2) is 5.11 Å². The first-order valence-corrected chi connectivity index (χ1v) is 4.67. The summed E-state index contributed by atoms with van der Waals surface area (Å²) in [6.07, 6.45) is 0.939. The summed E-state index contributed by atoms with van der Waals surface area (Å²) < 4.78 is 5.32. The minimum absolute atomic E-state index is 0.500. The van der Waals surface area contributed by atoms with Crippen LogP contribution in [-0.4, -0.2) is 43.8 Å². The van der Waals surface area contributed by atoms with Gasteiger partial charge in [0.05, 0.1) is 13.2 Å². The molecular weight excluding hydrogens is 168 g/mol. The summed E-state index contributed by atoms with van der Waals surface area (Å²) >= 11 is 0. The van der Waals surface area contributed by atoms with Crippen molar-refractivity contribution in [3.63, 3.8) is 0 Å². The van der Waals surface area contributed by atoms with Crippen LogP contribution in [0.5, 0.6) is 0 Å². The van der Waals surface area contributed by atoms with Gasteiger partial charge in [-0.1, -0.05) is 5.11 Å². The highest BCUT2D eigenvalue weighted by Gasteiger charge is 2.17. The minimum atomic E-state index is 0.500. The van der Waals surface area contributed by atoms with Gasteiger partial charge in [-0.15, -0.1) is 0 Å². The Morgan fingerprint density at radius 2 is 2.54 bits per heavy atom. The quantitative estimate of drug-likeness (QED) is 0.287. The lowest BCUT2D eigenvalue weighted by Gasteiger charge is -2.32. The SMILES string of the molecule is CC1COCCN1CCCN=[N+]=[N-]. The highest BCUT2D eigenvalue weighted by atomic mass is 16.5. The second-order valence-corrected chi connectivity index (χ2v) is 3.27. The van der Waals surface area contributed by atoms with Gasteiger partial charge in [0.1, 0.15) is 0 Å². The Hall–Kier alpha value is -0.770. The molecule has 0 amide bonds. The van der Waals surface area contributed by atoms with Gasteiger partial charge in [0, 0.05) is 24.0 Å². The largest absolute Gasteiger partial charge is 0.379 e. The highest BCUT2D eigenvalue weighted by molar-refractivity contribution is 4.70. The molecule has 1 rings (SSSR count). The van der Waals surface area contributed by atoms with Gasteiger partial charge >= 0.3 is 0 Å². The molecule has 1 saturated heterocycles. The van der Waals surface area contributed by atoms with Crippen molar-refractivity contribution in [2.75, 3.05) is 32.8 Å². The van der Waals surface area contributed by atoms with Crippen LogP contribution in [0.4, 0.5) is 0 Å². The van der Waals surface area contributed by atoms with Crippen molar-refractivity contribution in [2.24, 2.45) is 5.11 Å². The summed E-state index contributed by atoms with van der Waals surface area (Å²) in [6.45, 7) is 6.40. The van der Waals surface area contributed by atoms with Crippen molar-refractivity contribution in [1.82, 2.24) is 4.90 Å². The molecule has 0 spiro atoms. The number of azide groups is 1. The van der Waals surface area contributed by atoms with Crippen molar-refractivity contribution >= 4 is 0 Å². The number of hydrogen-bond donors (Lipinski definition) is 0. The van der Waals surface area contributed by atoms with Crippen LogP contribution in [-0.2, 0) is 4.74 Å². The van der Waals surface area contributed by atoms with Crippen molar-refractivity contribution in [3.05, 3.63) is 10.4 Å². The van der Waals surface area contributed by atoms with Crippen LogP contribution < -0.4 is 0 Å². The van der Waals surface area contributed by atoms with Gasteiger partial charge in [0.15, 0.2) is 0 Å². The van der Waals surface area contributed by atoms with E-state index in [1.807, 2.05) is 0 Å². The van der Waals surface area contributed by atoms with Gasteiger partial charge in [0.2, 0.25) is 0 Å². The lowest BCUT2D eigenvalue weighted by molar-refractivity contribution is -0.000355. The third-order valence-corrected chi connectivity index (χ3v) is 2.27. The highest BCUT2D eigenvalue weighted by Crippen LogP contribution is 2.06. The van der Waals surface area contributed by atoms with E-state index in [1.54, 1.807) is 0 Å². The number of ether oxygens (including phenoxy) is 1. The van der Waals surface area contributed by atoms with Crippen LogP contribution in [0.1, 0.15) is 13.3 Å². The second kappa shape index (κ2) is 5.80. The maximum atomic E-state index is 8.08. The molecule has 0 aromatic rings. The molecule has 0 N–H and O–H groups in total. The van der Waals surface area contributed by atoms with E-state index in [4.69, 9.17) is 10.3 Å². The summed E-state index contributed by atoms with van der Waals surface area (Å²) in [5.41, 5.74) is 8.08. The third kappa shape index (κ3) is 3.63. The van der Waals surface area contributed by atoms with Crippen LogP contribution in [0.25, 0.3) is 10.4 Å². The molecule has 0 saturated carbocycles. The molecule has 0 aromatic heterocycles. The van der Waals surface area contributed by atoms with Gasteiger partial charge < -0.3 is 4.74 Å². The molecule has 1 atom stereocenters. The zero-order valence-electron chi connectivity index (χ0n) is 8.02. The fourth-order valence-corrected chi connectivity index (χ4v) is 1.48. The van der Waals surface area contributed by atoms with E-state index < -0.39 is 0 Å². The Morgan fingerprint density at radius 1 is 1.69 bits per heavy atom. The molecule has 0 aromatic carbocycles. The molecule has 5 nitrogen and oxygen atoms in total. The molecule has 1 aliphatic rings. The van der Waals surface area contributed by atoms with Gasteiger partial charge in [-0.2, -0.15) is 0 Å². The summed E-state index contributed by atoms with van der Waals surface area (Å²) in [7, 11) is 0. The number of morpholine rings is 1. The molecule has 1 unspecified atom stereocenters. The van der Waals surface area contributed by atoms with Crippen molar-refractivity contribution in [3.8, 4) is 0 Å². The normalized spacial score (nSPS) is 23.9. The van der Waals surface area contributed by atoms with E-state index in [0.29, 0.717) is 12.6 Å². The van der Waals surface area contributed by atoms with Gasteiger partial charge in [-0.3, -0.25) is 4.90 Å². The second-order valence-electron chi connectivity index (χ2n) is 3.27. The van der Waals surface area contributed by atoms with Crippen LogP contribution >= 0.6 is 0 Å². The molecule has 13 heavy (non-hydrogen) atoms. The predicted molar refractivity (Wildman–Crippen MR) is 50.5 cm³/mol. The standard InChI is InChI=1S/C8H16N4O/c1-8-7-13-6-5-12(8)4-2-3-10-11-9/h8H,2-7H2,1H3. The molecule has 1 fully saturated rings. The lowest BCUT2D eigenvalue weighted by atomic mass is 10.2. The first-order chi connectivity index (χ1) is 6.34. The van der Waals surface area contributed by atoms with E-state index in [2.05, 4.69) is 21.8 Å². The first-order valence-electron chi connectivity index (χ1n) is 4.67. The predicted octanol–water partition coefficient (Wildman–Crippen LogP) is 1.41. The number of hydrogen-bond acceptors (Lipinski definition) is 3. The molecule has 0 aliphatic carbocycles. The minimum Gasteiger partial charge on any atom is -0.379 e. The van der Waals surface area contributed by atoms with Gasteiger partial charge in [0.25, 0.3) is 0 Å². The van der Waals surface area contributed by atoms with E-state index in [9.17, 15) is 0 Å². The van der Waals surface area contributed by atoms with Crippen LogP contribution in [0, 0.1) is 0 Å². The third-order valence-electron chi connectivity index (χ3n) is 2.27. The summed E-state index contributed by atoms with van der Waals surface area (Å²) in [6, 6.07) is 0.500. The molecule has 74 valence electrons. The maximum absolute atomic E-state index is 8.08. The Bertz CT molecular complexity index is 191. The van der Waals surface area contributed by atoms with E-state index >= 15 is 0 Å². The van der Waals surface area contributed by atoms with Crippen molar-refractivity contribution in [1.29, 1.82) is 0 Å². The average molecular weight is 184 g/mol. The molecule has 1 heterocycles. The fourth-order valence-electron chi connectivity index (χ4n) is 1.48. The smallest absolute Gasteiger partial charge is 0.0619 e. The lowest BCUT2D eigenvalue weighted by Crippen LogP contribution is -2.44. The van der Waals surface area contributed by atoms with Gasteiger partial charge in [-0.25, -0.2) is 0 Å². The molecular formula is C8H16N4O. The van der Waals surface area contributed by atoms with Crippen LogP contribution in [0.3, 0.4) is 0 Å². The summed E-state index contributed by atoms with van der Waals surface area (Å²) in [5.74, 6) is 0. The summed E-state index contributed by atoms with van der Waals surface area (Å²) in [5, 5.41) is 3.50. The van der Waals surface area contributed by atoms with Crippen LogP contribution in [0.2, 0.25) is 0 Å². The monoisotopic (exact) mass is 184 g/mol. The zero-order chi connectivity index (χ0) is 9.52. The fraction of sp³-hybridized carbons (Fsp3) is 1.00. The number of nitrogens with zero attached hydrogens (tertiary/aromatic N) is 4.